The number of halogens is 3. The summed E-state index contributed by atoms with van der Waals surface area (Å²) >= 11 is 5.88. The van der Waals surface area contributed by atoms with Gasteiger partial charge in [0.15, 0.2) is 11.6 Å². The van der Waals surface area contributed by atoms with Crippen molar-refractivity contribution >= 4 is 23.2 Å². The Balaban J connectivity index is 1.88. The Kier molecular flexibility index (Phi) is 5.28. The van der Waals surface area contributed by atoms with Gasteiger partial charge in [-0.25, -0.2) is 8.78 Å². The Bertz CT molecular complexity index is 1030. The van der Waals surface area contributed by atoms with Crippen LogP contribution in [0.2, 0.25) is 5.02 Å². The predicted octanol–water partition coefficient (Wildman–Crippen LogP) is 5.04. The van der Waals surface area contributed by atoms with Crippen molar-refractivity contribution < 1.29 is 13.6 Å². The minimum absolute atomic E-state index is 0.138. The third kappa shape index (κ3) is 3.85. The largest absolute Gasteiger partial charge is 0.319 e. The van der Waals surface area contributed by atoms with Crippen LogP contribution in [0.5, 0.6) is 0 Å². The van der Waals surface area contributed by atoms with Gasteiger partial charge in [-0.1, -0.05) is 35.9 Å². The van der Waals surface area contributed by atoms with Crippen LogP contribution in [0.25, 0.3) is 0 Å². The van der Waals surface area contributed by atoms with Crippen molar-refractivity contribution in [3.8, 4) is 0 Å². The fourth-order valence-electron chi connectivity index (χ4n) is 2.86. The fourth-order valence-corrected chi connectivity index (χ4v) is 3.09. The highest BCUT2D eigenvalue weighted by atomic mass is 35.5. The van der Waals surface area contributed by atoms with Gasteiger partial charge >= 0.3 is 0 Å². The normalized spacial score (nSPS) is 10.9. The maximum Gasteiger partial charge on any atom is 0.257 e. The van der Waals surface area contributed by atoms with Crippen molar-refractivity contribution in [1.82, 2.24) is 9.78 Å². The molecule has 0 aliphatic rings. The van der Waals surface area contributed by atoms with E-state index < -0.39 is 17.5 Å². The molecule has 0 saturated heterocycles. The van der Waals surface area contributed by atoms with Crippen molar-refractivity contribution in [2.45, 2.75) is 27.3 Å². The summed E-state index contributed by atoms with van der Waals surface area (Å²) in [6.45, 7) is 6.18. The number of nitrogens with one attached hydrogen (secondary N) is 1. The number of benzene rings is 2. The molecule has 0 unspecified atom stereocenters. The molecule has 1 N–H and O–H groups in total. The molecule has 1 aromatic heterocycles. The van der Waals surface area contributed by atoms with Crippen LogP contribution in [0.3, 0.4) is 0 Å². The van der Waals surface area contributed by atoms with Gasteiger partial charge in [0.05, 0.1) is 34.2 Å². The van der Waals surface area contributed by atoms with E-state index in [-0.39, 0.29) is 10.6 Å². The Hall–Kier alpha value is -2.73. The monoisotopic (exact) mass is 389 g/mol. The van der Waals surface area contributed by atoms with E-state index in [2.05, 4.69) is 10.4 Å². The molecule has 7 heteroatoms. The molecule has 27 heavy (non-hydrogen) atoms. The number of rotatable bonds is 4. The first-order valence-corrected chi connectivity index (χ1v) is 8.70. The molecule has 0 radical (unpaired) electrons. The van der Waals surface area contributed by atoms with Crippen LogP contribution in [0.4, 0.5) is 14.5 Å². The Labute approximate surface area is 160 Å². The lowest BCUT2D eigenvalue weighted by atomic mass is 10.1. The molecule has 0 spiro atoms. The van der Waals surface area contributed by atoms with E-state index in [1.807, 2.05) is 38.1 Å². The van der Waals surface area contributed by atoms with E-state index in [1.54, 1.807) is 11.6 Å². The van der Waals surface area contributed by atoms with E-state index >= 15 is 0 Å². The number of nitrogens with zero attached hydrogens (tertiary/aromatic N) is 2. The zero-order valence-corrected chi connectivity index (χ0v) is 15.9. The topological polar surface area (TPSA) is 46.9 Å². The fraction of sp³-hybridized carbons (Fsp3) is 0.200. The van der Waals surface area contributed by atoms with Crippen LogP contribution >= 0.6 is 11.6 Å². The summed E-state index contributed by atoms with van der Waals surface area (Å²) in [6.07, 6.45) is 0. The SMILES string of the molecule is Cc1ccccc1Cn1nc(C)c(NC(=O)c2cc(F)c(F)cc2Cl)c1C. The molecular weight excluding hydrogens is 372 g/mol. The number of hydrogen-bond acceptors (Lipinski definition) is 2. The van der Waals surface area contributed by atoms with Gasteiger partial charge in [0.1, 0.15) is 0 Å². The van der Waals surface area contributed by atoms with Crippen molar-refractivity contribution in [3.05, 3.63) is 81.1 Å². The number of amides is 1. The second kappa shape index (κ2) is 7.48. The smallest absolute Gasteiger partial charge is 0.257 e. The second-order valence-corrected chi connectivity index (χ2v) is 6.74. The molecule has 0 fully saturated rings. The molecule has 0 saturated carbocycles. The molecule has 3 aromatic rings. The quantitative estimate of drug-likeness (QED) is 0.635. The number of aryl methyl sites for hydroxylation is 2. The predicted molar refractivity (Wildman–Crippen MR) is 101 cm³/mol. The third-order valence-electron chi connectivity index (χ3n) is 4.46. The molecule has 0 atom stereocenters. The highest BCUT2D eigenvalue weighted by Crippen LogP contribution is 2.25. The van der Waals surface area contributed by atoms with Crippen LogP contribution in [0.1, 0.15) is 32.9 Å². The van der Waals surface area contributed by atoms with Gasteiger partial charge in [-0.15, -0.1) is 0 Å². The molecule has 3 rings (SSSR count). The summed E-state index contributed by atoms with van der Waals surface area (Å²) in [5.74, 6) is -2.86. The van der Waals surface area contributed by atoms with E-state index in [0.29, 0.717) is 17.9 Å². The van der Waals surface area contributed by atoms with Gasteiger partial charge in [0.25, 0.3) is 5.91 Å². The van der Waals surface area contributed by atoms with Gasteiger partial charge in [0.2, 0.25) is 0 Å². The summed E-state index contributed by atoms with van der Waals surface area (Å²) in [5, 5.41) is 7.03. The zero-order valence-electron chi connectivity index (χ0n) is 15.1. The van der Waals surface area contributed by atoms with E-state index in [0.717, 1.165) is 29.0 Å². The second-order valence-electron chi connectivity index (χ2n) is 6.33. The maximum atomic E-state index is 13.5. The summed E-state index contributed by atoms with van der Waals surface area (Å²) in [5.41, 5.74) is 4.01. The van der Waals surface area contributed by atoms with Crippen LogP contribution in [-0.4, -0.2) is 15.7 Å². The summed E-state index contributed by atoms with van der Waals surface area (Å²) in [4.78, 5) is 12.5. The number of carbonyl (C=O) groups is 1. The number of anilines is 1. The molecule has 140 valence electrons. The lowest BCUT2D eigenvalue weighted by Gasteiger charge is -2.10. The number of aromatic nitrogens is 2. The Morgan fingerprint density at radius 3 is 2.52 bits per heavy atom. The van der Waals surface area contributed by atoms with E-state index in [1.165, 1.54) is 0 Å². The highest BCUT2D eigenvalue weighted by Gasteiger charge is 2.19. The Morgan fingerprint density at radius 2 is 1.81 bits per heavy atom. The maximum absolute atomic E-state index is 13.5. The number of hydrogen-bond donors (Lipinski definition) is 1. The van der Waals surface area contributed by atoms with Gasteiger partial charge in [-0.05, 0) is 44.0 Å². The van der Waals surface area contributed by atoms with Crippen molar-refractivity contribution in [3.63, 3.8) is 0 Å². The molecule has 4 nitrogen and oxygen atoms in total. The summed E-state index contributed by atoms with van der Waals surface area (Å²) < 4.78 is 28.5. The third-order valence-corrected chi connectivity index (χ3v) is 4.77. The van der Waals surface area contributed by atoms with Crippen LogP contribution in [-0.2, 0) is 6.54 Å². The minimum atomic E-state index is -1.13. The first-order chi connectivity index (χ1) is 12.8. The average Bonchev–Trinajstić information content (AvgIpc) is 2.87. The zero-order chi connectivity index (χ0) is 19.7. The number of carbonyl (C=O) groups excluding carboxylic acids is 1. The molecule has 0 aliphatic heterocycles. The van der Waals surface area contributed by atoms with Gasteiger partial charge in [-0.3, -0.25) is 9.48 Å². The van der Waals surface area contributed by atoms with Gasteiger partial charge in [0, 0.05) is 0 Å². The summed E-state index contributed by atoms with van der Waals surface area (Å²) in [7, 11) is 0. The first kappa shape index (κ1) is 19.0. The van der Waals surface area contributed by atoms with Gasteiger partial charge < -0.3 is 5.32 Å². The first-order valence-electron chi connectivity index (χ1n) is 8.32. The van der Waals surface area contributed by atoms with Crippen molar-refractivity contribution in [2.75, 3.05) is 5.32 Å². The van der Waals surface area contributed by atoms with Crippen molar-refractivity contribution in [2.24, 2.45) is 0 Å². The lowest BCUT2D eigenvalue weighted by Crippen LogP contribution is -2.14. The Morgan fingerprint density at radius 1 is 1.15 bits per heavy atom. The molecule has 0 bridgehead atoms. The average molecular weight is 390 g/mol. The highest BCUT2D eigenvalue weighted by molar-refractivity contribution is 6.34. The molecule has 2 aromatic carbocycles. The molecular formula is C20H18ClF2N3O. The van der Waals surface area contributed by atoms with E-state index in [4.69, 9.17) is 11.6 Å². The van der Waals surface area contributed by atoms with Gasteiger partial charge in [-0.2, -0.15) is 5.10 Å². The standard InChI is InChI=1S/C20H18ClF2N3O/c1-11-6-4-5-7-14(11)10-26-13(3)19(12(2)25-26)24-20(27)15-8-17(22)18(23)9-16(15)21/h4-9H,10H2,1-3H3,(H,24,27). The summed E-state index contributed by atoms with van der Waals surface area (Å²) in [6, 6.07) is 9.54. The van der Waals surface area contributed by atoms with E-state index in [9.17, 15) is 13.6 Å². The van der Waals surface area contributed by atoms with Crippen LogP contribution < -0.4 is 5.32 Å². The molecule has 1 heterocycles. The molecule has 1 amide bonds. The van der Waals surface area contributed by atoms with Crippen LogP contribution in [0, 0.1) is 32.4 Å². The van der Waals surface area contributed by atoms with Crippen molar-refractivity contribution in [1.29, 1.82) is 0 Å². The molecule has 0 aliphatic carbocycles. The van der Waals surface area contributed by atoms with Crippen LogP contribution in [0.15, 0.2) is 36.4 Å². The minimum Gasteiger partial charge on any atom is -0.319 e. The lowest BCUT2D eigenvalue weighted by molar-refractivity contribution is 0.102.